The van der Waals surface area contributed by atoms with Gasteiger partial charge in [0.2, 0.25) is 0 Å². The number of ether oxygens (including phenoxy) is 1. The predicted molar refractivity (Wildman–Crippen MR) is 115 cm³/mol. The summed E-state index contributed by atoms with van der Waals surface area (Å²) in [5.41, 5.74) is 2.43. The summed E-state index contributed by atoms with van der Waals surface area (Å²) in [6.45, 7) is 9.26. The summed E-state index contributed by atoms with van der Waals surface area (Å²) in [5.74, 6) is 1.27. The van der Waals surface area contributed by atoms with Crippen LogP contribution in [0, 0.1) is 17.2 Å². The lowest BCUT2D eigenvalue weighted by Crippen LogP contribution is -2.57. The van der Waals surface area contributed by atoms with Crippen molar-refractivity contribution < 1.29 is 9.53 Å². The zero-order valence-corrected chi connectivity index (χ0v) is 17.8. The highest BCUT2D eigenvalue weighted by Crippen LogP contribution is 2.35. The molecule has 2 aromatic carbocycles. The summed E-state index contributed by atoms with van der Waals surface area (Å²) in [7, 11) is 0. The first-order valence-electron chi connectivity index (χ1n) is 10.2. The topological polar surface area (TPSA) is 62.1 Å². The molecule has 0 aliphatic carbocycles. The molecule has 0 radical (unpaired) electrons. The fourth-order valence-corrected chi connectivity index (χ4v) is 4.67. The van der Waals surface area contributed by atoms with Gasteiger partial charge in [0.05, 0.1) is 11.6 Å². The van der Waals surface area contributed by atoms with E-state index < -0.39 is 0 Å². The van der Waals surface area contributed by atoms with E-state index in [1.54, 1.807) is 18.2 Å². The van der Waals surface area contributed by atoms with Crippen LogP contribution >= 0.6 is 0 Å². The molecule has 1 aliphatic heterocycles. The van der Waals surface area contributed by atoms with Crippen LogP contribution in [0.25, 0.3) is 0 Å². The van der Waals surface area contributed by atoms with Gasteiger partial charge in [-0.05, 0) is 70.2 Å². The van der Waals surface area contributed by atoms with Crippen LogP contribution in [0.3, 0.4) is 0 Å². The number of ketones is 1. The monoisotopic (exact) mass is 390 g/mol. The standard InChI is InChI=1S/C25H30N2O2/c1-24(2)14-20(15-25(3,4)27-24)13-23(28)21-10-8-18(9-11-21)17-29-22-7-5-6-19(12-22)16-26/h5-12,20,27H,13-15,17H2,1-4H3. The van der Waals surface area contributed by atoms with Gasteiger partial charge in [-0.15, -0.1) is 0 Å². The largest absolute Gasteiger partial charge is 0.489 e. The third-order valence-electron chi connectivity index (χ3n) is 5.39. The Balaban J connectivity index is 1.58. The van der Waals surface area contributed by atoms with Crippen LogP contribution in [0.2, 0.25) is 0 Å². The zero-order valence-electron chi connectivity index (χ0n) is 17.8. The number of carbonyl (C=O) groups is 1. The molecule has 0 amide bonds. The summed E-state index contributed by atoms with van der Waals surface area (Å²) in [6.07, 6.45) is 2.61. The molecule has 3 rings (SSSR count). The Bertz CT molecular complexity index is 891. The highest BCUT2D eigenvalue weighted by molar-refractivity contribution is 5.96. The van der Waals surface area contributed by atoms with Crippen LogP contribution < -0.4 is 10.1 Å². The first-order chi connectivity index (χ1) is 13.7. The summed E-state index contributed by atoms with van der Waals surface area (Å²) in [5, 5.41) is 12.6. The molecule has 29 heavy (non-hydrogen) atoms. The van der Waals surface area contributed by atoms with E-state index in [-0.39, 0.29) is 16.9 Å². The molecule has 1 heterocycles. The fourth-order valence-electron chi connectivity index (χ4n) is 4.67. The Hall–Kier alpha value is -2.64. The van der Waals surface area contributed by atoms with Gasteiger partial charge in [0.1, 0.15) is 12.4 Å². The minimum Gasteiger partial charge on any atom is -0.489 e. The van der Waals surface area contributed by atoms with Gasteiger partial charge < -0.3 is 10.1 Å². The SMILES string of the molecule is CC1(C)CC(CC(=O)c2ccc(COc3cccc(C#N)c3)cc2)CC(C)(C)N1. The van der Waals surface area contributed by atoms with Crippen molar-refractivity contribution in [2.75, 3.05) is 0 Å². The number of piperidine rings is 1. The van der Waals surface area contributed by atoms with Crippen molar-refractivity contribution in [1.82, 2.24) is 5.32 Å². The molecule has 0 saturated carbocycles. The van der Waals surface area contributed by atoms with E-state index in [9.17, 15) is 4.79 Å². The number of nitriles is 1. The maximum Gasteiger partial charge on any atom is 0.163 e. The molecule has 1 fully saturated rings. The minimum absolute atomic E-state index is 0.0523. The molecule has 0 aromatic heterocycles. The molecule has 0 spiro atoms. The average Bonchev–Trinajstić information content (AvgIpc) is 2.64. The summed E-state index contributed by atoms with van der Waals surface area (Å²) in [6, 6.07) is 16.9. The normalized spacial score (nSPS) is 18.0. The molecule has 1 N–H and O–H groups in total. The van der Waals surface area contributed by atoms with Gasteiger partial charge in [-0.3, -0.25) is 4.79 Å². The molecule has 4 heteroatoms. The van der Waals surface area contributed by atoms with Crippen molar-refractivity contribution in [2.45, 2.75) is 64.6 Å². The molecule has 1 saturated heterocycles. The van der Waals surface area contributed by atoms with Crippen LogP contribution in [0.5, 0.6) is 5.75 Å². The smallest absolute Gasteiger partial charge is 0.163 e. The third kappa shape index (κ3) is 5.92. The number of nitrogens with zero attached hydrogens (tertiary/aromatic N) is 1. The number of nitrogens with one attached hydrogen (secondary N) is 1. The number of carbonyl (C=O) groups excluding carboxylic acids is 1. The minimum atomic E-state index is 0.0523. The maximum absolute atomic E-state index is 12.8. The number of rotatable bonds is 6. The Morgan fingerprint density at radius 1 is 1.10 bits per heavy atom. The van der Waals surface area contributed by atoms with Crippen molar-refractivity contribution in [3.63, 3.8) is 0 Å². The van der Waals surface area contributed by atoms with E-state index in [4.69, 9.17) is 10.00 Å². The Kier molecular flexibility index (Phi) is 6.10. The Labute approximate surface area is 173 Å². The molecule has 152 valence electrons. The second kappa shape index (κ2) is 8.39. The van der Waals surface area contributed by atoms with Crippen molar-refractivity contribution in [3.8, 4) is 11.8 Å². The molecular weight excluding hydrogens is 360 g/mol. The molecule has 2 aromatic rings. The van der Waals surface area contributed by atoms with Crippen LogP contribution in [-0.4, -0.2) is 16.9 Å². The first kappa shape index (κ1) is 21.1. The quantitative estimate of drug-likeness (QED) is 0.683. The van der Waals surface area contributed by atoms with Crippen molar-refractivity contribution in [3.05, 3.63) is 65.2 Å². The third-order valence-corrected chi connectivity index (χ3v) is 5.39. The average molecular weight is 391 g/mol. The molecule has 1 aliphatic rings. The summed E-state index contributed by atoms with van der Waals surface area (Å²) >= 11 is 0. The van der Waals surface area contributed by atoms with Gasteiger partial charge >= 0.3 is 0 Å². The number of benzene rings is 2. The van der Waals surface area contributed by atoms with Crippen molar-refractivity contribution >= 4 is 5.78 Å². The molecule has 4 nitrogen and oxygen atoms in total. The van der Waals surface area contributed by atoms with E-state index in [0.717, 1.165) is 24.0 Å². The molecule has 0 atom stereocenters. The van der Waals surface area contributed by atoms with E-state index in [1.165, 1.54) is 0 Å². The number of hydrogen-bond donors (Lipinski definition) is 1. The zero-order chi connectivity index (χ0) is 21.1. The van der Waals surface area contributed by atoms with Crippen LogP contribution in [-0.2, 0) is 6.61 Å². The summed E-state index contributed by atoms with van der Waals surface area (Å²) in [4.78, 5) is 12.8. The fraction of sp³-hybridized carbons (Fsp3) is 0.440. The second-order valence-electron chi connectivity index (χ2n) is 9.42. The molecule has 0 unspecified atom stereocenters. The van der Waals surface area contributed by atoms with Crippen LogP contribution in [0.15, 0.2) is 48.5 Å². The molecule has 0 bridgehead atoms. The van der Waals surface area contributed by atoms with Gasteiger partial charge in [-0.25, -0.2) is 0 Å². The van der Waals surface area contributed by atoms with E-state index in [1.807, 2.05) is 30.3 Å². The van der Waals surface area contributed by atoms with E-state index in [0.29, 0.717) is 30.3 Å². The number of hydrogen-bond acceptors (Lipinski definition) is 4. The number of Topliss-reactive ketones (excluding diaryl/α,β-unsaturated/α-hetero) is 1. The van der Waals surface area contributed by atoms with Gasteiger partial charge in [0, 0.05) is 23.1 Å². The Morgan fingerprint density at radius 3 is 2.38 bits per heavy atom. The van der Waals surface area contributed by atoms with Gasteiger partial charge in [-0.2, -0.15) is 5.26 Å². The highest BCUT2D eigenvalue weighted by Gasteiger charge is 2.38. The van der Waals surface area contributed by atoms with Crippen LogP contribution in [0.4, 0.5) is 0 Å². The van der Waals surface area contributed by atoms with Gasteiger partial charge in [0.15, 0.2) is 5.78 Å². The van der Waals surface area contributed by atoms with Gasteiger partial charge in [-0.1, -0.05) is 30.3 Å². The lowest BCUT2D eigenvalue weighted by Gasteiger charge is -2.46. The van der Waals surface area contributed by atoms with Gasteiger partial charge in [0.25, 0.3) is 0 Å². The summed E-state index contributed by atoms with van der Waals surface area (Å²) < 4.78 is 5.76. The van der Waals surface area contributed by atoms with E-state index in [2.05, 4.69) is 39.1 Å². The lowest BCUT2D eigenvalue weighted by molar-refractivity contribution is 0.0864. The van der Waals surface area contributed by atoms with Crippen molar-refractivity contribution in [1.29, 1.82) is 5.26 Å². The lowest BCUT2D eigenvalue weighted by atomic mass is 9.74. The van der Waals surface area contributed by atoms with Crippen LogP contribution in [0.1, 0.15) is 68.4 Å². The Morgan fingerprint density at radius 2 is 1.76 bits per heavy atom. The molecular formula is C25H30N2O2. The highest BCUT2D eigenvalue weighted by atomic mass is 16.5. The van der Waals surface area contributed by atoms with Crippen molar-refractivity contribution in [2.24, 2.45) is 5.92 Å². The first-order valence-corrected chi connectivity index (χ1v) is 10.2. The predicted octanol–water partition coefficient (Wildman–Crippen LogP) is 5.27. The second-order valence-corrected chi connectivity index (χ2v) is 9.42. The van der Waals surface area contributed by atoms with E-state index >= 15 is 0 Å². The maximum atomic E-state index is 12.8.